The average molecular weight is 211 g/mol. The zero-order valence-electron chi connectivity index (χ0n) is 6.25. The molecule has 1 heterocycles. The van der Waals surface area contributed by atoms with Gasteiger partial charge in [0.15, 0.2) is 7.85 Å². The van der Waals surface area contributed by atoms with E-state index in [0.717, 1.165) is 5.75 Å². The van der Waals surface area contributed by atoms with E-state index in [9.17, 15) is 0 Å². The Bertz CT molecular complexity index is 277. The lowest BCUT2D eigenvalue weighted by atomic mass is 9.95. The lowest BCUT2D eigenvalue weighted by Gasteiger charge is -2.05. The number of ether oxygens (including phenoxy) is 1. The average Bonchev–Trinajstić information content (AvgIpc) is 2.30. The maximum absolute atomic E-state index is 5.57. The fourth-order valence-corrected chi connectivity index (χ4v) is 1.81. The van der Waals surface area contributed by atoms with Gasteiger partial charge in [0.2, 0.25) is 0 Å². The molecule has 2 atom stereocenters. The highest BCUT2D eigenvalue weighted by Gasteiger charge is 2.27. The number of fused-ring (bicyclic) bond motifs is 1. The summed E-state index contributed by atoms with van der Waals surface area (Å²) >= 11 is 3.58. The van der Waals surface area contributed by atoms with Gasteiger partial charge in [0.05, 0.1) is 10.8 Å². The quantitative estimate of drug-likeness (QED) is 0.466. The molecule has 2 unspecified atom stereocenters. The molecule has 56 valence electrons. The number of benzene rings is 1. The normalized spacial score (nSPS) is 27.7. The van der Waals surface area contributed by atoms with Crippen LogP contribution in [0, 0.1) is 0 Å². The first-order valence-electron chi connectivity index (χ1n) is 3.68. The minimum atomic E-state index is 0.257. The Labute approximate surface area is 75.3 Å². The summed E-state index contributed by atoms with van der Waals surface area (Å²) in [5.74, 6) is 1.02. The van der Waals surface area contributed by atoms with Crippen LogP contribution >= 0.6 is 15.9 Å². The summed E-state index contributed by atoms with van der Waals surface area (Å²) in [6.45, 7) is 0. The van der Waals surface area contributed by atoms with Crippen LogP contribution in [0.25, 0.3) is 0 Å². The Morgan fingerprint density at radius 3 is 2.82 bits per heavy atom. The second-order valence-corrected chi connectivity index (χ2v) is 3.75. The maximum atomic E-state index is 5.57. The molecule has 0 radical (unpaired) electrons. The van der Waals surface area contributed by atoms with Gasteiger partial charge in [-0.25, -0.2) is 0 Å². The van der Waals surface area contributed by atoms with Crippen molar-refractivity contribution < 1.29 is 4.74 Å². The predicted molar refractivity (Wildman–Crippen MR) is 51.1 cm³/mol. The van der Waals surface area contributed by atoms with Gasteiger partial charge in [0.1, 0.15) is 5.75 Å². The van der Waals surface area contributed by atoms with Crippen LogP contribution in [0.15, 0.2) is 24.3 Å². The van der Waals surface area contributed by atoms with Gasteiger partial charge in [0, 0.05) is 5.56 Å². The van der Waals surface area contributed by atoms with E-state index in [1.54, 1.807) is 0 Å². The maximum Gasteiger partial charge on any atom is 0.156 e. The Morgan fingerprint density at radius 1 is 1.36 bits per heavy atom. The van der Waals surface area contributed by atoms with Gasteiger partial charge in [0.25, 0.3) is 0 Å². The minimum absolute atomic E-state index is 0.257. The molecular weight excluding hydrogens is 203 g/mol. The SMILES string of the molecule is BC1Oc2ccccc2C1Br. The van der Waals surface area contributed by atoms with E-state index in [1.807, 2.05) is 18.2 Å². The van der Waals surface area contributed by atoms with Crippen LogP contribution in [0.4, 0.5) is 0 Å². The van der Waals surface area contributed by atoms with Crippen LogP contribution in [-0.4, -0.2) is 13.8 Å². The minimum Gasteiger partial charge on any atom is -0.498 e. The Morgan fingerprint density at radius 2 is 2.09 bits per heavy atom. The van der Waals surface area contributed by atoms with Gasteiger partial charge in [-0.1, -0.05) is 34.1 Å². The molecule has 0 bridgehead atoms. The lowest BCUT2D eigenvalue weighted by Crippen LogP contribution is -2.13. The summed E-state index contributed by atoms with van der Waals surface area (Å²) in [7, 11) is 2.07. The predicted octanol–water partition coefficient (Wildman–Crippen LogP) is 1.47. The summed E-state index contributed by atoms with van der Waals surface area (Å²) < 4.78 is 5.57. The van der Waals surface area contributed by atoms with Gasteiger partial charge in [-0.3, -0.25) is 0 Å². The Balaban J connectivity index is 2.47. The van der Waals surface area contributed by atoms with Gasteiger partial charge in [-0.2, -0.15) is 0 Å². The van der Waals surface area contributed by atoms with Crippen LogP contribution in [0.3, 0.4) is 0 Å². The number of rotatable bonds is 0. The van der Waals surface area contributed by atoms with E-state index in [1.165, 1.54) is 5.56 Å². The molecule has 1 aliphatic heterocycles. The molecule has 0 fully saturated rings. The van der Waals surface area contributed by atoms with E-state index >= 15 is 0 Å². The molecule has 0 aromatic heterocycles. The molecule has 1 aliphatic rings. The topological polar surface area (TPSA) is 9.23 Å². The molecule has 0 spiro atoms. The largest absolute Gasteiger partial charge is 0.498 e. The molecule has 2 rings (SSSR count). The van der Waals surface area contributed by atoms with Crippen molar-refractivity contribution in [3.05, 3.63) is 29.8 Å². The number of hydrogen-bond acceptors (Lipinski definition) is 1. The Kier molecular flexibility index (Phi) is 1.68. The lowest BCUT2D eigenvalue weighted by molar-refractivity contribution is 0.314. The molecular formula is C8H8BBrO. The summed E-state index contributed by atoms with van der Waals surface area (Å²) in [6.07, 6.45) is 0. The molecule has 1 nitrogen and oxygen atoms in total. The monoisotopic (exact) mass is 210 g/mol. The first-order valence-corrected chi connectivity index (χ1v) is 4.60. The van der Waals surface area contributed by atoms with Gasteiger partial charge >= 0.3 is 0 Å². The number of hydrogen-bond donors (Lipinski definition) is 0. The zero-order chi connectivity index (χ0) is 7.84. The summed E-state index contributed by atoms with van der Waals surface area (Å²) in [5.41, 5.74) is 1.26. The molecule has 1 aromatic carbocycles. The van der Waals surface area contributed by atoms with E-state index in [4.69, 9.17) is 4.74 Å². The van der Waals surface area contributed by atoms with Crippen molar-refractivity contribution >= 4 is 23.8 Å². The van der Waals surface area contributed by atoms with Crippen LogP contribution in [0.2, 0.25) is 0 Å². The summed E-state index contributed by atoms with van der Waals surface area (Å²) in [4.78, 5) is 0.360. The Hall–Kier alpha value is -0.435. The summed E-state index contributed by atoms with van der Waals surface area (Å²) in [5, 5.41) is 0. The first-order chi connectivity index (χ1) is 5.29. The highest BCUT2D eigenvalue weighted by Crippen LogP contribution is 2.40. The number of alkyl halides is 1. The van der Waals surface area contributed by atoms with Crippen molar-refractivity contribution in [3.63, 3.8) is 0 Å². The van der Waals surface area contributed by atoms with E-state index in [-0.39, 0.29) is 6.00 Å². The molecule has 0 saturated carbocycles. The number of halogens is 1. The second-order valence-electron chi connectivity index (χ2n) is 2.76. The molecule has 0 aliphatic carbocycles. The van der Waals surface area contributed by atoms with Crippen molar-refractivity contribution in [2.24, 2.45) is 0 Å². The molecule has 3 heteroatoms. The standard InChI is InChI=1S/C8H8BBrO/c9-8-7(10)5-3-1-2-4-6(5)11-8/h1-4,7-8H,9H2. The highest BCUT2D eigenvalue weighted by atomic mass is 79.9. The van der Waals surface area contributed by atoms with Gasteiger partial charge in [-0.15, -0.1) is 0 Å². The molecule has 1 aromatic rings. The van der Waals surface area contributed by atoms with Crippen molar-refractivity contribution in [1.82, 2.24) is 0 Å². The van der Waals surface area contributed by atoms with E-state index in [0.29, 0.717) is 4.83 Å². The fraction of sp³-hybridized carbons (Fsp3) is 0.250. The van der Waals surface area contributed by atoms with E-state index in [2.05, 4.69) is 29.8 Å². The molecule has 0 N–H and O–H groups in total. The van der Waals surface area contributed by atoms with Crippen molar-refractivity contribution in [1.29, 1.82) is 0 Å². The van der Waals surface area contributed by atoms with Crippen molar-refractivity contribution in [2.45, 2.75) is 10.8 Å². The third-order valence-electron chi connectivity index (χ3n) is 1.94. The van der Waals surface area contributed by atoms with Crippen LogP contribution in [-0.2, 0) is 0 Å². The zero-order valence-corrected chi connectivity index (χ0v) is 7.84. The first kappa shape index (κ1) is 7.23. The van der Waals surface area contributed by atoms with Gasteiger partial charge < -0.3 is 4.74 Å². The smallest absolute Gasteiger partial charge is 0.156 e. The number of para-hydroxylation sites is 1. The van der Waals surface area contributed by atoms with Gasteiger partial charge in [-0.05, 0) is 6.07 Å². The van der Waals surface area contributed by atoms with Crippen LogP contribution in [0.5, 0.6) is 5.75 Å². The second kappa shape index (κ2) is 2.56. The van der Waals surface area contributed by atoms with E-state index < -0.39 is 0 Å². The van der Waals surface area contributed by atoms with Crippen molar-refractivity contribution in [2.75, 3.05) is 0 Å². The molecule has 0 amide bonds. The van der Waals surface area contributed by atoms with Crippen molar-refractivity contribution in [3.8, 4) is 5.75 Å². The summed E-state index contributed by atoms with van der Waals surface area (Å²) in [6, 6.07) is 8.39. The molecule has 11 heavy (non-hydrogen) atoms. The van der Waals surface area contributed by atoms with Crippen LogP contribution in [0.1, 0.15) is 10.4 Å². The molecule has 0 saturated heterocycles. The van der Waals surface area contributed by atoms with Crippen LogP contribution < -0.4 is 4.74 Å². The highest BCUT2D eigenvalue weighted by molar-refractivity contribution is 9.09. The fourth-order valence-electron chi connectivity index (χ4n) is 1.33. The third kappa shape index (κ3) is 1.08. The third-order valence-corrected chi connectivity index (χ3v) is 3.18.